The molecule has 14 heavy (non-hydrogen) atoms. The monoisotopic (exact) mass is 200 g/mol. The van der Waals surface area contributed by atoms with E-state index in [0.717, 1.165) is 32.7 Å². The van der Waals surface area contributed by atoms with Gasteiger partial charge in [-0.1, -0.05) is 0 Å². The van der Waals surface area contributed by atoms with Gasteiger partial charge in [0.25, 0.3) is 0 Å². The van der Waals surface area contributed by atoms with E-state index in [4.69, 9.17) is 4.74 Å². The summed E-state index contributed by atoms with van der Waals surface area (Å²) in [6, 6.07) is 0. The zero-order chi connectivity index (χ0) is 10.2. The molecule has 0 unspecified atom stereocenters. The molecule has 1 rings (SSSR count). The Morgan fingerprint density at radius 2 is 2.29 bits per heavy atom. The summed E-state index contributed by atoms with van der Waals surface area (Å²) in [7, 11) is 0. The van der Waals surface area contributed by atoms with Crippen LogP contribution in [0.3, 0.4) is 0 Å². The molecule has 4 heteroatoms. The number of ether oxygens (including phenoxy) is 1. The normalized spacial score (nSPS) is 18.9. The average Bonchev–Trinajstić information content (AvgIpc) is 2.43. The topological polar surface area (TPSA) is 41.6 Å². The number of nitrogens with zero attached hydrogens (tertiary/aromatic N) is 1. The Bertz CT molecular complexity index is 166. The molecule has 0 atom stereocenters. The van der Waals surface area contributed by atoms with E-state index in [9.17, 15) is 4.79 Å². The van der Waals surface area contributed by atoms with Crippen LogP contribution in [0.15, 0.2) is 0 Å². The minimum atomic E-state index is -0.0790. The maximum atomic E-state index is 11.1. The molecule has 1 aliphatic rings. The summed E-state index contributed by atoms with van der Waals surface area (Å²) in [4.78, 5) is 13.4. The number of esters is 1. The molecule has 0 amide bonds. The van der Waals surface area contributed by atoms with Crippen LogP contribution in [0, 0.1) is 0 Å². The molecule has 1 saturated heterocycles. The number of carbonyl (C=O) groups excluding carboxylic acids is 1. The lowest BCUT2D eigenvalue weighted by molar-refractivity contribution is -0.143. The summed E-state index contributed by atoms with van der Waals surface area (Å²) in [6.07, 6.45) is 1.69. The SMILES string of the molecule is CCOC(=O)CCN1CCCNCC1. The van der Waals surface area contributed by atoms with E-state index >= 15 is 0 Å². The number of hydrogen-bond acceptors (Lipinski definition) is 4. The fraction of sp³-hybridized carbons (Fsp3) is 0.900. The Morgan fingerprint density at radius 3 is 3.07 bits per heavy atom. The first kappa shape index (κ1) is 11.5. The molecule has 0 spiro atoms. The van der Waals surface area contributed by atoms with Gasteiger partial charge in [0.1, 0.15) is 0 Å². The van der Waals surface area contributed by atoms with Gasteiger partial charge in [-0.2, -0.15) is 0 Å². The highest BCUT2D eigenvalue weighted by molar-refractivity contribution is 5.69. The number of nitrogens with one attached hydrogen (secondary N) is 1. The van der Waals surface area contributed by atoms with E-state index in [0.29, 0.717) is 13.0 Å². The first-order valence-electron chi connectivity index (χ1n) is 5.41. The Balaban J connectivity index is 2.12. The number of rotatable bonds is 4. The van der Waals surface area contributed by atoms with Gasteiger partial charge >= 0.3 is 5.97 Å². The summed E-state index contributed by atoms with van der Waals surface area (Å²) < 4.78 is 4.88. The van der Waals surface area contributed by atoms with Gasteiger partial charge in [-0.05, 0) is 26.4 Å². The van der Waals surface area contributed by atoms with Gasteiger partial charge in [0.05, 0.1) is 13.0 Å². The second-order valence-electron chi connectivity index (χ2n) is 3.50. The second-order valence-corrected chi connectivity index (χ2v) is 3.50. The summed E-state index contributed by atoms with van der Waals surface area (Å²) in [6.45, 7) is 7.42. The molecule has 1 aliphatic heterocycles. The molecule has 1 fully saturated rings. The number of carbonyl (C=O) groups is 1. The van der Waals surface area contributed by atoms with Crippen molar-refractivity contribution in [2.75, 3.05) is 39.3 Å². The van der Waals surface area contributed by atoms with E-state index in [1.807, 2.05) is 6.92 Å². The van der Waals surface area contributed by atoms with E-state index in [-0.39, 0.29) is 5.97 Å². The smallest absolute Gasteiger partial charge is 0.307 e. The molecule has 0 aromatic carbocycles. The summed E-state index contributed by atoms with van der Waals surface area (Å²) in [5.74, 6) is -0.0790. The highest BCUT2D eigenvalue weighted by Gasteiger charge is 2.10. The minimum Gasteiger partial charge on any atom is -0.466 e. The molecule has 1 heterocycles. The van der Waals surface area contributed by atoms with Crippen LogP contribution in [0.1, 0.15) is 19.8 Å². The van der Waals surface area contributed by atoms with Gasteiger partial charge in [-0.3, -0.25) is 4.79 Å². The predicted molar refractivity (Wildman–Crippen MR) is 55.2 cm³/mol. The second kappa shape index (κ2) is 6.79. The lowest BCUT2D eigenvalue weighted by atomic mass is 10.3. The van der Waals surface area contributed by atoms with Crippen LogP contribution in [-0.2, 0) is 9.53 Å². The quantitative estimate of drug-likeness (QED) is 0.660. The fourth-order valence-electron chi connectivity index (χ4n) is 1.61. The molecule has 0 saturated carbocycles. The van der Waals surface area contributed by atoms with Crippen LogP contribution >= 0.6 is 0 Å². The third-order valence-electron chi connectivity index (χ3n) is 2.37. The van der Waals surface area contributed by atoms with Crippen molar-refractivity contribution in [3.63, 3.8) is 0 Å². The molecular formula is C10H20N2O2. The molecule has 0 bridgehead atoms. The van der Waals surface area contributed by atoms with Crippen LogP contribution in [0.2, 0.25) is 0 Å². The van der Waals surface area contributed by atoms with Gasteiger partial charge in [0, 0.05) is 19.6 Å². The lowest BCUT2D eigenvalue weighted by Crippen LogP contribution is -2.30. The van der Waals surface area contributed by atoms with Crippen molar-refractivity contribution in [3.8, 4) is 0 Å². The molecule has 0 aromatic rings. The number of hydrogen-bond donors (Lipinski definition) is 1. The van der Waals surface area contributed by atoms with E-state index < -0.39 is 0 Å². The van der Waals surface area contributed by atoms with Crippen molar-refractivity contribution in [1.29, 1.82) is 0 Å². The molecule has 4 nitrogen and oxygen atoms in total. The molecule has 0 aromatic heterocycles. The van der Waals surface area contributed by atoms with Crippen LogP contribution in [0.5, 0.6) is 0 Å². The standard InChI is InChI=1S/C10H20N2O2/c1-2-14-10(13)4-8-12-7-3-5-11-6-9-12/h11H,2-9H2,1H3. The Morgan fingerprint density at radius 1 is 1.43 bits per heavy atom. The lowest BCUT2D eigenvalue weighted by Gasteiger charge is -2.18. The van der Waals surface area contributed by atoms with E-state index in [1.54, 1.807) is 0 Å². The van der Waals surface area contributed by atoms with Crippen LogP contribution in [0.4, 0.5) is 0 Å². The Hall–Kier alpha value is -0.610. The summed E-state index contributed by atoms with van der Waals surface area (Å²) in [5.41, 5.74) is 0. The summed E-state index contributed by atoms with van der Waals surface area (Å²) >= 11 is 0. The minimum absolute atomic E-state index is 0.0790. The highest BCUT2D eigenvalue weighted by Crippen LogP contribution is 1.97. The predicted octanol–water partition coefficient (Wildman–Crippen LogP) is 0.235. The Kier molecular flexibility index (Phi) is 5.56. The van der Waals surface area contributed by atoms with Crippen molar-refractivity contribution >= 4 is 5.97 Å². The molecule has 0 radical (unpaired) electrons. The third kappa shape index (κ3) is 4.58. The summed E-state index contributed by atoms with van der Waals surface area (Å²) in [5, 5.41) is 3.33. The van der Waals surface area contributed by atoms with Crippen LogP contribution in [0.25, 0.3) is 0 Å². The maximum absolute atomic E-state index is 11.1. The molecule has 1 N–H and O–H groups in total. The Labute approximate surface area is 85.6 Å². The van der Waals surface area contributed by atoms with Gasteiger partial charge in [-0.25, -0.2) is 0 Å². The van der Waals surface area contributed by atoms with Crippen LogP contribution < -0.4 is 5.32 Å². The van der Waals surface area contributed by atoms with Gasteiger partial charge in [-0.15, -0.1) is 0 Å². The highest BCUT2D eigenvalue weighted by atomic mass is 16.5. The fourth-order valence-corrected chi connectivity index (χ4v) is 1.61. The van der Waals surface area contributed by atoms with Crippen molar-refractivity contribution < 1.29 is 9.53 Å². The third-order valence-corrected chi connectivity index (χ3v) is 2.37. The zero-order valence-corrected chi connectivity index (χ0v) is 8.92. The van der Waals surface area contributed by atoms with Crippen molar-refractivity contribution in [3.05, 3.63) is 0 Å². The maximum Gasteiger partial charge on any atom is 0.307 e. The molecular weight excluding hydrogens is 180 g/mol. The van der Waals surface area contributed by atoms with Crippen molar-refractivity contribution in [2.24, 2.45) is 0 Å². The van der Waals surface area contributed by atoms with Crippen LogP contribution in [-0.4, -0.2) is 50.2 Å². The van der Waals surface area contributed by atoms with Crippen molar-refractivity contribution in [1.82, 2.24) is 10.2 Å². The average molecular weight is 200 g/mol. The van der Waals surface area contributed by atoms with E-state index in [1.165, 1.54) is 6.42 Å². The molecule has 82 valence electrons. The zero-order valence-electron chi connectivity index (χ0n) is 8.92. The molecule has 0 aliphatic carbocycles. The van der Waals surface area contributed by atoms with Gasteiger partial charge < -0.3 is 15.0 Å². The first-order chi connectivity index (χ1) is 6.83. The van der Waals surface area contributed by atoms with E-state index in [2.05, 4.69) is 10.2 Å². The first-order valence-corrected chi connectivity index (χ1v) is 5.41. The van der Waals surface area contributed by atoms with Crippen molar-refractivity contribution in [2.45, 2.75) is 19.8 Å². The largest absolute Gasteiger partial charge is 0.466 e. The van der Waals surface area contributed by atoms with Gasteiger partial charge in [0.15, 0.2) is 0 Å². The van der Waals surface area contributed by atoms with Gasteiger partial charge in [0.2, 0.25) is 0 Å².